The lowest BCUT2D eigenvalue weighted by Gasteiger charge is -2.15. The van der Waals surface area contributed by atoms with Crippen LogP contribution in [0.25, 0.3) is 0 Å². The maximum atomic E-state index is 4.21. The van der Waals surface area contributed by atoms with Crippen LogP contribution in [-0.4, -0.2) is 6.21 Å². The molecule has 0 aromatic rings. The Bertz CT molecular complexity index is 303. The molecule has 0 saturated heterocycles. The predicted octanol–water partition coefficient (Wildman–Crippen LogP) is 3.65. The molecule has 0 N–H and O–H groups in total. The van der Waals surface area contributed by atoms with Gasteiger partial charge in [-0.15, -0.1) is 0 Å². The van der Waals surface area contributed by atoms with Gasteiger partial charge in [0.1, 0.15) is 0 Å². The van der Waals surface area contributed by atoms with Crippen LogP contribution in [0.1, 0.15) is 33.6 Å². The summed E-state index contributed by atoms with van der Waals surface area (Å²) < 4.78 is 0. The summed E-state index contributed by atoms with van der Waals surface area (Å²) in [6.45, 7) is 10.2. The quantitative estimate of drug-likeness (QED) is 0.568. The summed E-state index contributed by atoms with van der Waals surface area (Å²) in [5, 5.41) is 0. The molecular weight excluding hydrogens is 158 g/mol. The fraction of sp³-hybridized carbons (Fsp3) is 0.417. The molecule has 1 heteroatoms. The van der Waals surface area contributed by atoms with Crippen molar-refractivity contribution in [2.45, 2.75) is 33.6 Å². The predicted molar refractivity (Wildman–Crippen MR) is 59.0 cm³/mol. The molecule has 0 aliphatic heterocycles. The van der Waals surface area contributed by atoms with Crippen LogP contribution in [0.4, 0.5) is 0 Å². The van der Waals surface area contributed by atoms with Gasteiger partial charge >= 0.3 is 0 Å². The third kappa shape index (κ3) is 2.41. The zero-order valence-electron chi connectivity index (χ0n) is 8.72. The molecule has 0 spiro atoms. The van der Waals surface area contributed by atoms with Crippen molar-refractivity contribution in [2.75, 3.05) is 0 Å². The highest BCUT2D eigenvalue weighted by molar-refractivity contribution is 5.58. The van der Waals surface area contributed by atoms with Crippen molar-refractivity contribution in [2.24, 2.45) is 4.99 Å². The molecule has 1 rings (SSSR count). The standard InChI is InChI=1S/C12H17N/c1-5-13-11(4)12-8-9(2)6-7-10(12)3/h5,8H,4,6-7H2,1-3H3. The summed E-state index contributed by atoms with van der Waals surface area (Å²) in [4.78, 5) is 4.21. The van der Waals surface area contributed by atoms with E-state index in [1.807, 2.05) is 6.92 Å². The first-order valence-corrected chi connectivity index (χ1v) is 4.70. The van der Waals surface area contributed by atoms with Gasteiger partial charge in [-0.1, -0.05) is 23.8 Å². The lowest BCUT2D eigenvalue weighted by Crippen LogP contribution is -1.96. The third-order valence-corrected chi connectivity index (χ3v) is 2.34. The summed E-state index contributed by atoms with van der Waals surface area (Å²) in [6, 6.07) is 0. The Kier molecular flexibility index (Phi) is 3.24. The van der Waals surface area contributed by atoms with Crippen molar-refractivity contribution in [3.8, 4) is 0 Å². The van der Waals surface area contributed by atoms with Crippen LogP contribution >= 0.6 is 0 Å². The minimum atomic E-state index is 0.888. The van der Waals surface area contributed by atoms with Crippen LogP contribution in [0.3, 0.4) is 0 Å². The van der Waals surface area contributed by atoms with E-state index >= 15 is 0 Å². The van der Waals surface area contributed by atoms with Gasteiger partial charge in [-0.3, -0.25) is 4.99 Å². The van der Waals surface area contributed by atoms with E-state index in [-0.39, 0.29) is 0 Å². The van der Waals surface area contributed by atoms with Crippen molar-refractivity contribution in [1.82, 2.24) is 0 Å². The summed E-state index contributed by atoms with van der Waals surface area (Å²) in [5.41, 5.74) is 4.94. The van der Waals surface area contributed by atoms with Gasteiger partial charge in [0.2, 0.25) is 0 Å². The fourth-order valence-corrected chi connectivity index (χ4v) is 1.52. The molecule has 0 atom stereocenters. The van der Waals surface area contributed by atoms with Crippen molar-refractivity contribution < 1.29 is 0 Å². The second-order valence-corrected chi connectivity index (χ2v) is 3.52. The van der Waals surface area contributed by atoms with E-state index in [0.29, 0.717) is 0 Å². The van der Waals surface area contributed by atoms with E-state index in [1.54, 1.807) is 6.21 Å². The summed E-state index contributed by atoms with van der Waals surface area (Å²) in [6.07, 6.45) is 6.32. The normalized spacial score (nSPS) is 17.9. The summed E-state index contributed by atoms with van der Waals surface area (Å²) >= 11 is 0. The Labute approximate surface area is 80.6 Å². The van der Waals surface area contributed by atoms with Crippen molar-refractivity contribution >= 4 is 6.21 Å². The van der Waals surface area contributed by atoms with E-state index in [4.69, 9.17) is 0 Å². The lowest BCUT2D eigenvalue weighted by molar-refractivity contribution is 0.888. The van der Waals surface area contributed by atoms with Crippen LogP contribution < -0.4 is 0 Å². The highest BCUT2D eigenvalue weighted by atomic mass is 14.7. The van der Waals surface area contributed by atoms with Crippen LogP contribution in [-0.2, 0) is 0 Å². The first kappa shape index (κ1) is 9.97. The minimum Gasteiger partial charge on any atom is -0.262 e. The third-order valence-electron chi connectivity index (χ3n) is 2.34. The maximum absolute atomic E-state index is 4.21. The van der Waals surface area contributed by atoms with E-state index in [9.17, 15) is 0 Å². The van der Waals surface area contributed by atoms with E-state index in [2.05, 4.69) is 31.5 Å². The molecule has 0 saturated carbocycles. The second kappa shape index (κ2) is 4.22. The number of allylic oxidation sites excluding steroid dienone is 3. The van der Waals surface area contributed by atoms with Crippen molar-refractivity contribution in [1.29, 1.82) is 0 Å². The van der Waals surface area contributed by atoms with E-state index in [0.717, 1.165) is 12.1 Å². The van der Waals surface area contributed by atoms with Gasteiger partial charge in [-0.25, -0.2) is 0 Å². The van der Waals surface area contributed by atoms with Gasteiger partial charge < -0.3 is 0 Å². The number of rotatable bonds is 2. The fourth-order valence-electron chi connectivity index (χ4n) is 1.52. The topological polar surface area (TPSA) is 12.4 Å². The van der Waals surface area contributed by atoms with Gasteiger partial charge in [-0.2, -0.15) is 0 Å². The molecule has 0 amide bonds. The summed E-state index contributed by atoms with van der Waals surface area (Å²) in [7, 11) is 0. The lowest BCUT2D eigenvalue weighted by atomic mass is 9.93. The van der Waals surface area contributed by atoms with Gasteiger partial charge in [-0.05, 0) is 39.2 Å². The SMILES string of the molecule is C=C(N=CC)C1=C(C)CCC(C)=C1. The zero-order chi connectivity index (χ0) is 9.84. The molecule has 1 nitrogen and oxygen atoms in total. The van der Waals surface area contributed by atoms with Crippen LogP contribution in [0, 0.1) is 0 Å². The molecule has 0 aromatic carbocycles. The Morgan fingerprint density at radius 3 is 2.77 bits per heavy atom. The monoisotopic (exact) mass is 175 g/mol. The number of nitrogens with zero attached hydrogens (tertiary/aromatic N) is 1. The van der Waals surface area contributed by atoms with Gasteiger partial charge in [0.05, 0.1) is 5.70 Å². The molecule has 70 valence electrons. The molecule has 1 aliphatic rings. The van der Waals surface area contributed by atoms with Crippen molar-refractivity contribution in [3.63, 3.8) is 0 Å². The van der Waals surface area contributed by atoms with Crippen LogP contribution in [0.15, 0.2) is 40.1 Å². The smallest absolute Gasteiger partial charge is 0.0625 e. The molecular formula is C12H17N. The Morgan fingerprint density at radius 1 is 1.46 bits per heavy atom. The molecule has 0 fully saturated rings. The highest BCUT2D eigenvalue weighted by Gasteiger charge is 2.09. The minimum absolute atomic E-state index is 0.888. The van der Waals surface area contributed by atoms with Crippen LogP contribution in [0.5, 0.6) is 0 Å². The molecule has 0 heterocycles. The highest BCUT2D eigenvalue weighted by Crippen LogP contribution is 2.27. The molecule has 0 aromatic heterocycles. The number of aliphatic imine (C=N–C) groups is 1. The molecule has 0 radical (unpaired) electrons. The van der Waals surface area contributed by atoms with Gasteiger partial charge in [0.25, 0.3) is 0 Å². The first-order chi connectivity index (χ1) is 6.15. The second-order valence-electron chi connectivity index (χ2n) is 3.52. The Balaban J connectivity index is 2.95. The number of hydrogen-bond donors (Lipinski definition) is 0. The molecule has 1 aliphatic carbocycles. The van der Waals surface area contributed by atoms with Crippen LogP contribution in [0.2, 0.25) is 0 Å². The Hall–Kier alpha value is -1.11. The maximum Gasteiger partial charge on any atom is 0.0625 e. The molecule has 0 unspecified atom stereocenters. The number of hydrogen-bond acceptors (Lipinski definition) is 1. The molecule has 0 bridgehead atoms. The average molecular weight is 175 g/mol. The first-order valence-electron chi connectivity index (χ1n) is 4.70. The van der Waals surface area contributed by atoms with E-state index < -0.39 is 0 Å². The van der Waals surface area contributed by atoms with E-state index in [1.165, 1.54) is 23.1 Å². The largest absolute Gasteiger partial charge is 0.262 e. The molecule has 13 heavy (non-hydrogen) atoms. The zero-order valence-corrected chi connectivity index (χ0v) is 8.72. The van der Waals surface area contributed by atoms with Gasteiger partial charge in [0.15, 0.2) is 0 Å². The summed E-state index contributed by atoms with van der Waals surface area (Å²) in [5.74, 6) is 0. The average Bonchev–Trinajstić information content (AvgIpc) is 2.09. The van der Waals surface area contributed by atoms with Gasteiger partial charge in [0, 0.05) is 6.21 Å². The van der Waals surface area contributed by atoms with Crippen molar-refractivity contribution in [3.05, 3.63) is 35.1 Å². The Morgan fingerprint density at radius 2 is 2.15 bits per heavy atom.